The fraction of sp³-hybridized carbons (Fsp3) is 0.571. The maximum absolute atomic E-state index is 12.0. The number of hydrogen-bond acceptors (Lipinski definition) is 5. The maximum Gasteiger partial charge on any atom is 0.410 e. The normalized spacial score (nSPS) is 15.5. The smallest absolute Gasteiger partial charge is 0.410 e. The van der Waals surface area contributed by atoms with Crippen molar-refractivity contribution in [2.75, 3.05) is 31.1 Å². The fourth-order valence-corrected chi connectivity index (χ4v) is 1.95. The van der Waals surface area contributed by atoms with Crippen molar-refractivity contribution in [3.63, 3.8) is 0 Å². The maximum atomic E-state index is 12.0. The highest BCUT2D eigenvalue weighted by Crippen LogP contribution is 2.16. The van der Waals surface area contributed by atoms with E-state index in [0.29, 0.717) is 37.8 Å². The lowest BCUT2D eigenvalue weighted by Crippen LogP contribution is -2.50. The molecule has 0 unspecified atom stereocenters. The second-order valence-corrected chi connectivity index (χ2v) is 5.81. The Morgan fingerprint density at radius 2 is 1.81 bits per heavy atom. The molecule has 7 heteroatoms. The van der Waals surface area contributed by atoms with Gasteiger partial charge in [0.2, 0.25) is 11.6 Å². The molecule has 0 aliphatic carbocycles. The largest absolute Gasteiger partial charge is 0.444 e. The van der Waals surface area contributed by atoms with Gasteiger partial charge in [0.15, 0.2) is 0 Å². The Hall–Kier alpha value is -2.36. The van der Waals surface area contributed by atoms with Gasteiger partial charge in [-0.2, -0.15) is 0 Å². The van der Waals surface area contributed by atoms with Crippen LogP contribution in [0.5, 0.6) is 0 Å². The average Bonchev–Trinajstić information content (AvgIpc) is 2.46. The summed E-state index contributed by atoms with van der Waals surface area (Å²) in [4.78, 5) is 27.2. The molecule has 0 atom stereocenters. The Morgan fingerprint density at radius 3 is 2.29 bits per heavy atom. The Kier molecular flexibility index (Phi) is 4.26. The van der Waals surface area contributed by atoms with Gasteiger partial charge < -0.3 is 14.5 Å². The second kappa shape index (κ2) is 5.95. The third kappa shape index (κ3) is 4.05. The van der Waals surface area contributed by atoms with E-state index in [1.807, 2.05) is 25.7 Å². The fourth-order valence-electron chi connectivity index (χ4n) is 1.95. The van der Waals surface area contributed by atoms with Gasteiger partial charge in [-0.1, -0.05) is 0 Å². The number of piperazine rings is 1. The first-order valence-corrected chi connectivity index (χ1v) is 6.81. The van der Waals surface area contributed by atoms with E-state index < -0.39 is 5.60 Å². The van der Waals surface area contributed by atoms with Crippen molar-refractivity contribution >= 4 is 17.7 Å². The van der Waals surface area contributed by atoms with Crippen LogP contribution in [0.2, 0.25) is 0 Å². The molecule has 0 radical (unpaired) electrons. The summed E-state index contributed by atoms with van der Waals surface area (Å²) in [7, 11) is 0. The number of aromatic nitrogens is 2. The molecule has 112 valence electrons. The van der Waals surface area contributed by atoms with E-state index in [9.17, 15) is 4.79 Å². The monoisotopic (exact) mass is 289 g/mol. The first-order valence-electron chi connectivity index (χ1n) is 6.81. The molecular weight excluding hydrogens is 270 g/mol. The molecule has 21 heavy (non-hydrogen) atoms. The van der Waals surface area contributed by atoms with E-state index in [2.05, 4.69) is 14.8 Å². The minimum atomic E-state index is -0.479. The van der Waals surface area contributed by atoms with Crippen molar-refractivity contribution in [3.8, 4) is 0 Å². The first-order chi connectivity index (χ1) is 9.89. The van der Waals surface area contributed by atoms with Gasteiger partial charge in [-0.05, 0) is 20.8 Å². The van der Waals surface area contributed by atoms with Gasteiger partial charge in [-0.15, -0.1) is 0 Å². The molecule has 1 aromatic heterocycles. The summed E-state index contributed by atoms with van der Waals surface area (Å²) in [6.07, 6.45) is 2.73. The molecule has 0 bridgehead atoms. The molecule has 1 fully saturated rings. The predicted molar refractivity (Wildman–Crippen MR) is 78.3 cm³/mol. The van der Waals surface area contributed by atoms with Gasteiger partial charge in [0.05, 0.1) is 6.57 Å². The number of amides is 1. The third-order valence-electron chi connectivity index (χ3n) is 2.97. The summed E-state index contributed by atoms with van der Waals surface area (Å²) in [6.45, 7) is 14.9. The SMILES string of the molecule is [C-]#[N+]c1cnc(N2CCN(C(=O)OC(C)(C)C)CC2)nc1. The number of anilines is 1. The topological polar surface area (TPSA) is 62.9 Å². The molecule has 0 saturated carbocycles. The lowest BCUT2D eigenvalue weighted by molar-refractivity contribution is 0.0240. The lowest BCUT2D eigenvalue weighted by Gasteiger charge is -2.35. The van der Waals surface area contributed by atoms with Crippen molar-refractivity contribution in [3.05, 3.63) is 23.8 Å². The molecule has 0 N–H and O–H groups in total. The summed E-state index contributed by atoms with van der Waals surface area (Å²) < 4.78 is 5.35. The summed E-state index contributed by atoms with van der Waals surface area (Å²) in [5.41, 5.74) is -0.0569. The van der Waals surface area contributed by atoms with Crippen LogP contribution in [0.25, 0.3) is 4.85 Å². The molecule has 1 aliphatic heterocycles. The van der Waals surface area contributed by atoms with Gasteiger partial charge in [0.25, 0.3) is 0 Å². The van der Waals surface area contributed by atoms with Crippen molar-refractivity contribution in [2.24, 2.45) is 0 Å². The van der Waals surface area contributed by atoms with Crippen LogP contribution in [-0.2, 0) is 4.74 Å². The average molecular weight is 289 g/mol. The summed E-state index contributed by atoms with van der Waals surface area (Å²) in [6, 6.07) is 0. The van der Waals surface area contributed by atoms with Gasteiger partial charge in [0, 0.05) is 38.6 Å². The number of rotatable bonds is 1. The molecule has 2 heterocycles. The Bertz CT molecular complexity index is 536. The van der Waals surface area contributed by atoms with Crippen molar-refractivity contribution in [1.82, 2.24) is 14.9 Å². The highest BCUT2D eigenvalue weighted by Gasteiger charge is 2.26. The third-order valence-corrected chi connectivity index (χ3v) is 2.97. The Labute approximate surface area is 124 Å². The van der Waals surface area contributed by atoms with E-state index >= 15 is 0 Å². The van der Waals surface area contributed by atoms with Crippen molar-refractivity contribution in [1.29, 1.82) is 0 Å². The van der Waals surface area contributed by atoms with Crippen LogP contribution in [-0.4, -0.2) is 52.7 Å². The molecule has 1 saturated heterocycles. The first kappa shape index (κ1) is 15.0. The molecule has 7 nitrogen and oxygen atoms in total. The molecule has 1 aliphatic rings. The van der Waals surface area contributed by atoms with Crippen LogP contribution >= 0.6 is 0 Å². The zero-order valence-electron chi connectivity index (χ0n) is 12.5. The zero-order chi connectivity index (χ0) is 15.5. The lowest BCUT2D eigenvalue weighted by atomic mass is 10.2. The zero-order valence-corrected chi connectivity index (χ0v) is 12.5. The Morgan fingerprint density at radius 1 is 1.24 bits per heavy atom. The standard InChI is InChI=1S/C14H19N5O2/c1-14(2,3)21-13(20)19-7-5-18(6-8-19)12-16-9-11(15-4)10-17-12/h9-10H,5-8H2,1-3H3. The molecule has 1 aromatic rings. The van der Waals surface area contributed by atoms with Gasteiger partial charge in [-0.3, -0.25) is 0 Å². The van der Waals surface area contributed by atoms with Crippen LogP contribution in [0.15, 0.2) is 12.4 Å². The summed E-state index contributed by atoms with van der Waals surface area (Å²) in [5, 5.41) is 0. The van der Waals surface area contributed by atoms with Crippen LogP contribution in [0.3, 0.4) is 0 Å². The van der Waals surface area contributed by atoms with Crippen molar-refractivity contribution < 1.29 is 9.53 Å². The van der Waals surface area contributed by atoms with Crippen LogP contribution in [0.1, 0.15) is 20.8 Å². The molecule has 0 aromatic carbocycles. The van der Waals surface area contributed by atoms with Gasteiger partial charge in [-0.25, -0.2) is 19.6 Å². The Balaban J connectivity index is 1.91. The molecule has 0 spiro atoms. The van der Waals surface area contributed by atoms with E-state index in [1.54, 1.807) is 4.90 Å². The van der Waals surface area contributed by atoms with E-state index in [4.69, 9.17) is 11.3 Å². The number of carbonyl (C=O) groups is 1. The van der Waals surface area contributed by atoms with Gasteiger partial charge in [0.1, 0.15) is 5.60 Å². The highest BCUT2D eigenvalue weighted by molar-refractivity contribution is 5.68. The summed E-state index contributed by atoms with van der Waals surface area (Å²) >= 11 is 0. The molecule has 2 rings (SSSR count). The number of ether oxygens (including phenoxy) is 1. The molecular formula is C14H19N5O2. The number of nitrogens with zero attached hydrogens (tertiary/aromatic N) is 5. The van der Waals surface area contributed by atoms with Gasteiger partial charge >= 0.3 is 6.09 Å². The quantitative estimate of drug-likeness (QED) is 0.741. The van der Waals surface area contributed by atoms with E-state index in [1.165, 1.54) is 12.4 Å². The summed E-state index contributed by atoms with van der Waals surface area (Å²) in [5.74, 6) is 0.589. The van der Waals surface area contributed by atoms with Crippen molar-refractivity contribution in [2.45, 2.75) is 26.4 Å². The van der Waals surface area contributed by atoms with E-state index in [0.717, 1.165) is 0 Å². The minimum absolute atomic E-state index is 0.286. The number of carbonyl (C=O) groups excluding carboxylic acids is 1. The number of hydrogen-bond donors (Lipinski definition) is 0. The van der Waals surface area contributed by atoms with Crippen LogP contribution in [0.4, 0.5) is 16.4 Å². The second-order valence-electron chi connectivity index (χ2n) is 5.81. The van der Waals surface area contributed by atoms with E-state index in [-0.39, 0.29) is 6.09 Å². The van der Waals surface area contributed by atoms with Crippen LogP contribution in [0, 0.1) is 6.57 Å². The highest BCUT2D eigenvalue weighted by atomic mass is 16.6. The predicted octanol–water partition coefficient (Wildman–Crippen LogP) is 2.08. The van der Waals surface area contributed by atoms with Crippen LogP contribution < -0.4 is 4.90 Å². The molecule has 1 amide bonds. The minimum Gasteiger partial charge on any atom is -0.444 e.